The standard InChI is InChI=1S/C23H20Cl3NO4/c1-28-21-7-16(11-27-10-14-2-5-20-22(6-14)31-13-30-20)19(26)9-23(21)29-12-15-3-4-17(24)8-18(15)25/h2-9,27H,10-13H2,1H3. The van der Waals surface area contributed by atoms with E-state index in [1.54, 1.807) is 25.3 Å². The molecule has 0 radical (unpaired) electrons. The molecule has 0 amide bonds. The third-order valence-corrected chi connectivity index (χ3v) is 5.75. The van der Waals surface area contributed by atoms with Crippen LogP contribution >= 0.6 is 34.8 Å². The predicted molar refractivity (Wildman–Crippen MR) is 122 cm³/mol. The van der Waals surface area contributed by atoms with Crippen LogP contribution in [0.2, 0.25) is 15.1 Å². The Morgan fingerprint density at radius 3 is 2.45 bits per heavy atom. The molecular formula is C23H20Cl3NO4. The number of halogens is 3. The molecule has 5 nitrogen and oxygen atoms in total. The molecule has 3 aromatic rings. The molecule has 162 valence electrons. The number of rotatable bonds is 8. The highest BCUT2D eigenvalue weighted by Gasteiger charge is 2.14. The largest absolute Gasteiger partial charge is 0.493 e. The summed E-state index contributed by atoms with van der Waals surface area (Å²) in [5.41, 5.74) is 2.81. The molecule has 0 atom stereocenters. The first kappa shape index (κ1) is 21.9. The zero-order valence-corrected chi connectivity index (χ0v) is 19.0. The Hall–Kier alpha value is -2.31. The highest BCUT2D eigenvalue weighted by atomic mass is 35.5. The molecule has 0 spiro atoms. The fourth-order valence-corrected chi connectivity index (χ4v) is 3.86. The molecule has 0 fully saturated rings. The van der Waals surface area contributed by atoms with Crippen LogP contribution in [-0.2, 0) is 19.7 Å². The Labute approximate surface area is 195 Å². The SMILES string of the molecule is COc1cc(CNCc2ccc3c(c2)OCO3)c(Cl)cc1OCc1ccc(Cl)cc1Cl. The molecule has 8 heteroatoms. The van der Waals surface area contributed by atoms with Gasteiger partial charge in [0.15, 0.2) is 23.0 Å². The number of benzene rings is 3. The fourth-order valence-electron chi connectivity index (χ4n) is 3.17. The molecule has 1 heterocycles. The summed E-state index contributed by atoms with van der Waals surface area (Å²) in [6, 6.07) is 14.8. The third kappa shape index (κ3) is 5.31. The first-order valence-corrected chi connectivity index (χ1v) is 10.7. The molecule has 0 aliphatic carbocycles. The van der Waals surface area contributed by atoms with Crippen LogP contribution in [-0.4, -0.2) is 13.9 Å². The summed E-state index contributed by atoms with van der Waals surface area (Å²) >= 11 is 18.7. The van der Waals surface area contributed by atoms with Crippen molar-refractivity contribution in [3.8, 4) is 23.0 Å². The minimum absolute atomic E-state index is 0.264. The lowest BCUT2D eigenvalue weighted by Crippen LogP contribution is -2.13. The zero-order chi connectivity index (χ0) is 21.8. The first-order valence-electron chi connectivity index (χ1n) is 9.56. The molecule has 3 aromatic carbocycles. The maximum atomic E-state index is 6.50. The average Bonchev–Trinajstić information content (AvgIpc) is 3.22. The van der Waals surface area contributed by atoms with Crippen molar-refractivity contribution < 1.29 is 18.9 Å². The van der Waals surface area contributed by atoms with Crippen LogP contribution in [0.4, 0.5) is 0 Å². The lowest BCUT2D eigenvalue weighted by Gasteiger charge is -2.15. The molecule has 0 bridgehead atoms. The van der Waals surface area contributed by atoms with Gasteiger partial charge in [-0.25, -0.2) is 0 Å². The van der Waals surface area contributed by atoms with Gasteiger partial charge >= 0.3 is 0 Å². The van der Waals surface area contributed by atoms with Crippen molar-refractivity contribution in [2.45, 2.75) is 19.7 Å². The smallest absolute Gasteiger partial charge is 0.231 e. The second kappa shape index (κ2) is 9.88. The van der Waals surface area contributed by atoms with Crippen molar-refractivity contribution in [3.63, 3.8) is 0 Å². The van der Waals surface area contributed by atoms with Gasteiger partial charge in [0, 0.05) is 39.8 Å². The summed E-state index contributed by atoms with van der Waals surface area (Å²) in [6.45, 7) is 1.75. The molecule has 0 saturated carbocycles. The second-order valence-electron chi connectivity index (χ2n) is 6.91. The maximum Gasteiger partial charge on any atom is 0.231 e. The molecule has 1 N–H and O–H groups in total. The van der Waals surface area contributed by atoms with Crippen molar-refractivity contribution in [1.29, 1.82) is 0 Å². The lowest BCUT2D eigenvalue weighted by atomic mass is 10.1. The van der Waals surface area contributed by atoms with Crippen LogP contribution in [0.3, 0.4) is 0 Å². The number of hydrogen-bond donors (Lipinski definition) is 1. The van der Waals surface area contributed by atoms with Crippen LogP contribution in [0.5, 0.6) is 23.0 Å². The van der Waals surface area contributed by atoms with Crippen LogP contribution in [0.15, 0.2) is 48.5 Å². The van der Waals surface area contributed by atoms with Crippen molar-refractivity contribution >= 4 is 34.8 Å². The second-order valence-corrected chi connectivity index (χ2v) is 8.16. The summed E-state index contributed by atoms with van der Waals surface area (Å²) in [5, 5.41) is 5.08. The van der Waals surface area contributed by atoms with Crippen LogP contribution < -0.4 is 24.3 Å². The van der Waals surface area contributed by atoms with E-state index in [0.717, 1.165) is 28.2 Å². The van der Waals surface area contributed by atoms with Crippen LogP contribution in [0.1, 0.15) is 16.7 Å². The quantitative estimate of drug-likeness (QED) is 0.413. The van der Waals surface area contributed by atoms with E-state index < -0.39 is 0 Å². The van der Waals surface area contributed by atoms with Gasteiger partial charge in [-0.3, -0.25) is 0 Å². The van der Waals surface area contributed by atoms with Gasteiger partial charge in [-0.1, -0.05) is 46.9 Å². The van der Waals surface area contributed by atoms with E-state index in [9.17, 15) is 0 Å². The third-order valence-electron chi connectivity index (χ3n) is 4.81. The van der Waals surface area contributed by atoms with Crippen molar-refractivity contribution in [3.05, 3.63) is 80.3 Å². The summed E-state index contributed by atoms with van der Waals surface area (Å²) in [7, 11) is 1.59. The number of nitrogens with one attached hydrogen (secondary N) is 1. The molecule has 1 aliphatic heterocycles. The van der Waals surface area contributed by atoms with Gasteiger partial charge in [0.25, 0.3) is 0 Å². The Morgan fingerprint density at radius 1 is 0.839 bits per heavy atom. The minimum Gasteiger partial charge on any atom is -0.493 e. The average molecular weight is 481 g/mol. The van der Waals surface area contributed by atoms with Crippen LogP contribution in [0, 0.1) is 0 Å². The Bertz CT molecular complexity index is 1090. The van der Waals surface area contributed by atoms with Gasteiger partial charge in [-0.2, -0.15) is 0 Å². The number of methoxy groups -OCH3 is 1. The van der Waals surface area contributed by atoms with Gasteiger partial charge in [0.1, 0.15) is 6.61 Å². The zero-order valence-electron chi connectivity index (χ0n) is 16.7. The van der Waals surface area contributed by atoms with E-state index in [-0.39, 0.29) is 13.4 Å². The van der Waals surface area contributed by atoms with Gasteiger partial charge in [0.05, 0.1) is 7.11 Å². The molecular weight excluding hydrogens is 461 g/mol. The minimum atomic E-state index is 0.264. The summed E-state index contributed by atoms with van der Waals surface area (Å²) in [4.78, 5) is 0. The van der Waals surface area contributed by atoms with E-state index in [1.807, 2.05) is 30.3 Å². The van der Waals surface area contributed by atoms with E-state index in [4.69, 9.17) is 53.8 Å². The summed E-state index contributed by atoms with van der Waals surface area (Å²) < 4.78 is 22.2. The first-order chi connectivity index (χ1) is 15.0. The molecule has 0 unspecified atom stereocenters. The van der Waals surface area contributed by atoms with E-state index in [2.05, 4.69) is 5.32 Å². The Balaban J connectivity index is 1.39. The molecule has 4 rings (SSSR count). The maximum absolute atomic E-state index is 6.50. The topological polar surface area (TPSA) is 49.0 Å². The predicted octanol–water partition coefficient (Wildman–Crippen LogP) is 6.25. The molecule has 0 saturated heterocycles. The summed E-state index contributed by atoms with van der Waals surface area (Å²) in [5.74, 6) is 2.67. The lowest BCUT2D eigenvalue weighted by molar-refractivity contribution is 0.174. The Morgan fingerprint density at radius 2 is 1.65 bits per heavy atom. The monoisotopic (exact) mass is 479 g/mol. The molecule has 1 aliphatic rings. The van der Waals surface area contributed by atoms with Crippen molar-refractivity contribution in [1.82, 2.24) is 5.32 Å². The normalized spacial score (nSPS) is 12.1. The van der Waals surface area contributed by atoms with Gasteiger partial charge in [-0.15, -0.1) is 0 Å². The number of ether oxygens (including phenoxy) is 4. The number of fused-ring (bicyclic) bond motifs is 1. The summed E-state index contributed by atoms with van der Waals surface area (Å²) in [6.07, 6.45) is 0. The van der Waals surface area contributed by atoms with Gasteiger partial charge in [0.2, 0.25) is 6.79 Å². The highest BCUT2D eigenvalue weighted by molar-refractivity contribution is 6.35. The number of hydrogen-bond acceptors (Lipinski definition) is 5. The fraction of sp³-hybridized carbons (Fsp3) is 0.217. The van der Waals surface area contributed by atoms with Crippen molar-refractivity contribution in [2.75, 3.05) is 13.9 Å². The highest BCUT2D eigenvalue weighted by Crippen LogP contribution is 2.35. The molecule has 0 aromatic heterocycles. The van der Waals surface area contributed by atoms with Crippen molar-refractivity contribution in [2.24, 2.45) is 0 Å². The van der Waals surface area contributed by atoms with Gasteiger partial charge in [-0.05, 0) is 41.5 Å². The van der Waals surface area contributed by atoms with E-state index >= 15 is 0 Å². The molecule has 31 heavy (non-hydrogen) atoms. The van der Waals surface area contributed by atoms with Gasteiger partial charge < -0.3 is 24.3 Å². The van der Waals surface area contributed by atoms with E-state index in [0.29, 0.717) is 39.7 Å². The Kier molecular flexibility index (Phi) is 6.98. The van der Waals surface area contributed by atoms with E-state index in [1.165, 1.54) is 0 Å². The van der Waals surface area contributed by atoms with Crippen LogP contribution in [0.25, 0.3) is 0 Å².